The Labute approximate surface area is 111 Å². The van der Waals surface area contributed by atoms with E-state index < -0.39 is 0 Å². The maximum atomic E-state index is 5.94. The summed E-state index contributed by atoms with van der Waals surface area (Å²) in [7, 11) is 0. The van der Waals surface area contributed by atoms with E-state index in [1.165, 1.54) is 11.1 Å². The Morgan fingerprint density at radius 1 is 0.889 bits per heavy atom. The van der Waals surface area contributed by atoms with Crippen molar-refractivity contribution in [2.24, 2.45) is 0 Å². The highest BCUT2D eigenvalue weighted by Gasteiger charge is 2.41. The van der Waals surface area contributed by atoms with Crippen molar-refractivity contribution < 1.29 is 4.74 Å². The molecule has 1 saturated heterocycles. The predicted octanol–water partition coefficient (Wildman–Crippen LogP) is 3.24. The van der Waals surface area contributed by atoms with Crippen molar-refractivity contribution in [1.82, 2.24) is 0 Å². The molecule has 2 aromatic rings. The number of ether oxygens (including phenoxy) is 1. The number of anilines is 1. The Hall–Kier alpha value is -1.51. The van der Waals surface area contributed by atoms with E-state index in [1.54, 1.807) is 0 Å². The summed E-state index contributed by atoms with van der Waals surface area (Å²) in [6, 6.07) is 16.0. The van der Waals surface area contributed by atoms with Crippen LogP contribution in [0.25, 0.3) is 0 Å². The SMILES string of the molecule is Nc1ccc(C2(c3ccc(Cl)cc3)COC2)cc1. The Bertz CT molecular complexity index is 496. The number of nitrogens with two attached hydrogens (primary N) is 1. The minimum atomic E-state index is -0.0434. The average molecular weight is 260 g/mol. The monoisotopic (exact) mass is 259 g/mol. The van der Waals surface area contributed by atoms with Crippen molar-refractivity contribution in [3.63, 3.8) is 0 Å². The average Bonchev–Trinajstić information content (AvgIpc) is 2.32. The molecule has 18 heavy (non-hydrogen) atoms. The standard InChI is InChI=1S/C15H14ClNO/c16-13-5-1-11(2-6-13)15(9-18-10-15)12-3-7-14(17)8-4-12/h1-8H,9-10,17H2. The van der Waals surface area contributed by atoms with E-state index in [0.29, 0.717) is 13.2 Å². The van der Waals surface area contributed by atoms with Gasteiger partial charge in [-0.05, 0) is 35.4 Å². The summed E-state index contributed by atoms with van der Waals surface area (Å²) in [4.78, 5) is 0. The normalized spacial score (nSPS) is 17.2. The molecule has 1 fully saturated rings. The van der Waals surface area contributed by atoms with Crippen LogP contribution in [-0.2, 0) is 10.2 Å². The fourth-order valence-corrected chi connectivity index (χ4v) is 2.50. The fraction of sp³-hybridized carbons (Fsp3) is 0.200. The molecule has 0 saturated carbocycles. The van der Waals surface area contributed by atoms with Gasteiger partial charge < -0.3 is 10.5 Å². The highest BCUT2D eigenvalue weighted by molar-refractivity contribution is 6.30. The molecule has 0 radical (unpaired) electrons. The first-order valence-electron chi connectivity index (χ1n) is 5.90. The largest absolute Gasteiger partial charge is 0.399 e. The number of halogens is 1. The number of nitrogen functional groups attached to an aromatic ring is 1. The van der Waals surface area contributed by atoms with Crippen molar-refractivity contribution >= 4 is 17.3 Å². The second-order valence-electron chi connectivity index (χ2n) is 4.70. The van der Waals surface area contributed by atoms with Crippen molar-refractivity contribution in [1.29, 1.82) is 0 Å². The molecule has 1 heterocycles. The van der Waals surface area contributed by atoms with Crippen molar-refractivity contribution in [3.8, 4) is 0 Å². The van der Waals surface area contributed by atoms with Crippen LogP contribution in [0.3, 0.4) is 0 Å². The quantitative estimate of drug-likeness (QED) is 0.841. The van der Waals surface area contributed by atoms with Crippen LogP contribution in [0.5, 0.6) is 0 Å². The summed E-state index contributed by atoms with van der Waals surface area (Å²) in [5, 5.41) is 0.756. The number of hydrogen-bond acceptors (Lipinski definition) is 2. The van der Waals surface area contributed by atoms with Gasteiger partial charge >= 0.3 is 0 Å². The first-order chi connectivity index (χ1) is 8.71. The van der Waals surface area contributed by atoms with Crippen LogP contribution in [0.4, 0.5) is 5.69 Å². The first kappa shape index (κ1) is 11.6. The molecule has 0 atom stereocenters. The third-order valence-corrected chi connectivity index (χ3v) is 3.81. The summed E-state index contributed by atoms with van der Waals surface area (Å²) in [5.74, 6) is 0. The smallest absolute Gasteiger partial charge is 0.0669 e. The molecule has 2 N–H and O–H groups in total. The minimum Gasteiger partial charge on any atom is -0.399 e. The van der Waals surface area contributed by atoms with Gasteiger partial charge in [-0.1, -0.05) is 35.9 Å². The van der Waals surface area contributed by atoms with E-state index in [-0.39, 0.29) is 5.41 Å². The van der Waals surface area contributed by atoms with Gasteiger partial charge in [0.05, 0.1) is 18.6 Å². The molecule has 2 aromatic carbocycles. The van der Waals surface area contributed by atoms with Crippen molar-refractivity contribution in [3.05, 3.63) is 64.7 Å². The first-order valence-corrected chi connectivity index (χ1v) is 6.28. The zero-order valence-corrected chi connectivity index (χ0v) is 10.7. The fourth-order valence-electron chi connectivity index (χ4n) is 2.38. The van der Waals surface area contributed by atoms with Gasteiger partial charge in [0.25, 0.3) is 0 Å². The van der Waals surface area contributed by atoms with Gasteiger partial charge in [0.2, 0.25) is 0 Å². The van der Waals surface area contributed by atoms with E-state index >= 15 is 0 Å². The lowest BCUT2D eigenvalue weighted by molar-refractivity contribution is -0.0379. The van der Waals surface area contributed by atoms with E-state index in [4.69, 9.17) is 22.1 Å². The van der Waals surface area contributed by atoms with Gasteiger partial charge in [-0.15, -0.1) is 0 Å². The summed E-state index contributed by atoms with van der Waals surface area (Å²) in [6.45, 7) is 1.41. The Morgan fingerprint density at radius 3 is 1.83 bits per heavy atom. The van der Waals surface area contributed by atoms with Crippen LogP contribution in [0, 0.1) is 0 Å². The van der Waals surface area contributed by atoms with Crippen LogP contribution in [-0.4, -0.2) is 13.2 Å². The number of benzene rings is 2. The van der Waals surface area contributed by atoms with E-state index in [0.717, 1.165) is 10.7 Å². The molecule has 0 spiro atoms. The van der Waals surface area contributed by atoms with Gasteiger partial charge in [-0.3, -0.25) is 0 Å². The maximum Gasteiger partial charge on any atom is 0.0669 e. The Balaban J connectivity index is 2.04. The van der Waals surface area contributed by atoms with Crippen LogP contribution >= 0.6 is 11.6 Å². The molecule has 3 heteroatoms. The van der Waals surface area contributed by atoms with Crippen molar-refractivity contribution in [2.75, 3.05) is 18.9 Å². The molecule has 0 amide bonds. The van der Waals surface area contributed by atoms with Crippen LogP contribution in [0.1, 0.15) is 11.1 Å². The van der Waals surface area contributed by atoms with Gasteiger partial charge in [-0.2, -0.15) is 0 Å². The lowest BCUT2D eigenvalue weighted by Crippen LogP contribution is -2.47. The van der Waals surface area contributed by atoms with Crippen LogP contribution in [0.2, 0.25) is 5.02 Å². The predicted molar refractivity (Wildman–Crippen MR) is 73.9 cm³/mol. The van der Waals surface area contributed by atoms with Gasteiger partial charge in [0, 0.05) is 10.7 Å². The summed E-state index contributed by atoms with van der Waals surface area (Å²) < 4.78 is 5.44. The highest BCUT2D eigenvalue weighted by Crippen LogP contribution is 2.39. The molecular formula is C15H14ClNO. The molecule has 92 valence electrons. The van der Waals surface area contributed by atoms with Gasteiger partial charge in [0.15, 0.2) is 0 Å². The summed E-state index contributed by atoms with van der Waals surface area (Å²) in [5.41, 5.74) is 8.96. The molecule has 0 aliphatic carbocycles. The minimum absolute atomic E-state index is 0.0434. The molecule has 2 nitrogen and oxygen atoms in total. The molecule has 3 rings (SSSR count). The molecule has 0 bridgehead atoms. The second-order valence-corrected chi connectivity index (χ2v) is 5.14. The van der Waals surface area contributed by atoms with Crippen molar-refractivity contribution in [2.45, 2.75) is 5.41 Å². The molecule has 1 aliphatic heterocycles. The number of rotatable bonds is 2. The lowest BCUT2D eigenvalue weighted by Gasteiger charge is -2.42. The zero-order chi connectivity index (χ0) is 12.6. The highest BCUT2D eigenvalue weighted by atomic mass is 35.5. The van der Waals surface area contributed by atoms with Gasteiger partial charge in [0.1, 0.15) is 0 Å². The van der Waals surface area contributed by atoms with E-state index in [1.807, 2.05) is 24.3 Å². The molecular weight excluding hydrogens is 246 g/mol. The number of hydrogen-bond donors (Lipinski definition) is 1. The molecule has 0 aromatic heterocycles. The lowest BCUT2D eigenvalue weighted by atomic mass is 9.73. The van der Waals surface area contributed by atoms with Crippen LogP contribution < -0.4 is 5.73 Å². The third-order valence-electron chi connectivity index (χ3n) is 3.56. The Kier molecular flexibility index (Phi) is 2.77. The summed E-state index contributed by atoms with van der Waals surface area (Å²) >= 11 is 5.94. The van der Waals surface area contributed by atoms with Gasteiger partial charge in [-0.25, -0.2) is 0 Å². The third kappa shape index (κ3) is 1.78. The zero-order valence-electron chi connectivity index (χ0n) is 9.90. The topological polar surface area (TPSA) is 35.2 Å². The Morgan fingerprint density at radius 2 is 1.39 bits per heavy atom. The summed E-state index contributed by atoms with van der Waals surface area (Å²) in [6.07, 6.45) is 0. The molecule has 0 unspecified atom stereocenters. The maximum absolute atomic E-state index is 5.94. The molecule has 1 aliphatic rings. The second kappa shape index (κ2) is 4.30. The van der Waals surface area contributed by atoms with Crippen LogP contribution in [0.15, 0.2) is 48.5 Å². The van der Waals surface area contributed by atoms with E-state index in [9.17, 15) is 0 Å². The van der Waals surface area contributed by atoms with E-state index in [2.05, 4.69) is 24.3 Å².